The van der Waals surface area contributed by atoms with Crippen molar-refractivity contribution in [2.45, 2.75) is 46.2 Å². The lowest BCUT2D eigenvalue weighted by molar-refractivity contribution is -0.155. The normalized spacial score (nSPS) is 11.9. The summed E-state index contributed by atoms with van der Waals surface area (Å²) in [5, 5.41) is 3.87. The van der Waals surface area contributed by atoms with Gasteiger partial charge < -0.3 is 9.26 Å². The van der Waals surface area contributed by atoms with E-state index in [2.05, 4.69) is 10.1 Å². The number of likely N-dealkylation sites (N-methyl/N-ethyl adjacent to an activating group) is 1. The van der Waals surface area contributed by atoms with Gasteiger partial charge in [-0.1, -0.05) is 12.1 Å². The number of nitrogens with zero attached hydrogens (tertiary/aromatic N) is 3. The maximum Gasteiger partial charge on any atom is 0.325 e. The molecular weight excluding hydrogens is 234 g/mol. The molecular formula is C12H21N3O3. The van der Waals surface area contributed by atoms with E-state index < -0.39 is 5.54 Å². The summed E-state index contributed by atoms with van der Waals surface area (Å²) in [5.74, 6) is 0.922. The molecule has 102 valence electrons. The highest BCUT2D eigenvalue weighted by Gasteiger charge is 2.34. The van der Waals surface area contributed by atoms with Crippen molar-refractivity contribution < 1.29 is 14.1 Å². The van der Waals surface area contributed by atoms with Gasteiger partial charge in [-0.05, 0) is 27.8 Å². The second kappa shape index (κ2) is 5.95. The minimum atomic E-state index is -0.719. The van der Waals surface area contributed by atoms with Gasteiger partial charge in [0.1, 0.15) is 5.54 Å². The van der Waals surface area contributed by atoms with Gasteiger partial charge in [0.25, 0.3) is 0 Å². The minimum absolute atomic E-state index is 0.258. The standard InChI is InChI=1S/C12H21N3O3/c1-6-10-13-9(14-18-10)8-15(5)12(3,4)11(16)17-7-2/h6-8H2,1-5H3. The van der Waals surface area contributed by atoms with Crippen LogP contribution in [0.3, 0.4) is 0 Å². The molecule has 0 radical (unpaired) electrons. The first-order chi connectivity index (χ1) is 8.41. The molecule has 0 bridgehead atoms. The molecule has 1 heterocycles. The first-order valence-corrected chi connectivity index (χ1v) is 6.11. The molecule has 0 aromatic carbocycles. The molecule has 0 N–H and O–H groups in total. The average Bonchev–Trinajstić information content (AvgIpc) is 2.77. The zero-order valence-electron chi connectivity index (χ0n) is 11.7. The summed E-state index contributed by atoms with van der Waals surface area (Å²) in [7, 11) is 1.83. The van der Waals surface area contributed by atoms with Crippen molar-refractivity contribution in [1.82, 2.24) is 15.0 Å². The van der Waals surface area contributed by atoms with Crippen LogP contribution in [-0.4, -0.2) is 40.2 Å². The molecule has 6 nitrogen and oxygen atoms in total. The molecule has 0 atom stereocenters. The quantitative estimate of drug-likeness (QED) is 0.716. The van der Waals surface area contributed by atoms with Crippen LogP contribution in [0.5, 0.6) is 0 Å². The fraction of sp³-hybridized carbons (Fsp3) is 0.750. The van der Waals surface area contributed by atoms with E-state index in [1.54, 1.807) is 6.92 Å². The number of carbonyl (C=O) groups is 1. The Morgan fingerprint density at radius 2 is 2.11 bits per heavy atom. The van der Waals surface area contributed by atoms with E-state index in [0.717, 1.165) is 0 Å². The summed E-state index contributed by atoms with van der Waals surface area (Å²) >= 11 is 0. The topological polar surface area (TPSA) is 68.5 Å². The number of esters is 1. The van der Waals surface area contributed by atoms with E-state index in [-0.39, 0.29) is 5.97 Å². The maximum atomic E-state index is 11.8. The van der Waals surface area contributed by atoms with Crippen molar-refractivity contribution in [1.29, 1.82) is 0 Å². The lowest BCUT2D eigenvalue weighted by atomic mass is 10.0. The molecule has 0 saturated heterocycles. The number of ether oxygens (including phenoxy) is 1. The molecule has 0 aliphatic rings. The van der Waals surface area contributed by atoms with Crippen molar-refractivity contribution >= 4 is 5.97 Å². The highest BCUT2D eigenvalue weighted by atomic mass is 16.5. The van der Waals surface area contributed by atoms with Crippen molar-refractivity contribution in [3.63, 3.8) is 0 Å². The van der Waals surface area contributed by atoms with Crippen molar-refractivity contribution in [3.05, 3.63) is 11.7 Å². The number of aryl methyl sites for hydroxylation is 1. The summed E-state index contributed by atoms with van der Waals surface area (Å²) < 4.78 is 10.1. The molecule has 1 aromatic rings. The predicted octanol–water partition coefficient (Wildman–Crippen LogP) is 1.41. The van der Waals surface area contributed by atoms with Crippen molar-refractivity contribution in [2.75, 3.05) is 13.7 Å². The first kappa shape index (κ1) is 14.6. The Kier molecular flexibility index (Phi) is 4.84. The fourth-order valence-electron chi connectivity index (χ4n) is 1.37. The summed E-state index contributed by atoms with van der Waals surface area (Å²) in [6.45, 7) is 8.18. The first-order valence-electron chi connectivity index (χ1n) is 6.11. The molecule has 18 heavy (non-hydrogen) atoms. The van der Waals surface area contributed by atoms with Crippen LogP contribution in [0.1, 0.15) is 39.4 Å². The SMILES string of the molecule is CCOC(=O)C(C)(C)N(C)Cc1noc(CC)n1. The van der Waals surface area contributed by atoms with Crippen LogP contribution in [0.15, 0.2) is 4.52 Å². The Morgan fingerprint density at radius 3 is 2.61 bits per heavy atom. The van der Waals surface area contributed by atoms with E-state index in [9.17, 15) is 4.79 Å². The smallest absolute Gasteiger partial charge is 0.325 e. The Bertz CT molecular complexity index is 401. The van der Waals surface area contributed by atoms with Gasteiger partial charge in [0, 0.05) is 6.42 Å². The van der Waals surface area contributed by atoms with Crippen molar-refractivity contribution in [2.24, 2.45) is 0 Å². The molecule has 1 rings (SSSR count). The fourth-order valence-corrected chi connectivity index (χ4v) is 1.37. The number of rotatable bonds is 6. The van der Waals surface area contributed by atoms with Gasteiger partial charge in [0.05, 0.1) is 13.2 Å². The van der Waals surface area contributed by atoms with Crippen molar-refractivity contribution in [3.8, 4) is 0 Å². The molecule has 1 aromatic heterocycles. The minimum Gasteiger partial charge on any atom is -0.465 e. The number of aromatic nitrogens is 2. The van der Waals surface area contributed by atoms with E-state index in [1.165, 1.54) is 0 Å². The highest BCUT2D eigenvalue weighted by Crippen LogP contribution is 2.16. The second-order valence-electron chi connectivity index (χ2n) is 4.59. The van der Waals surface area contributed by atoms with E-state index in [0.29, 0.717) is 31.3 Å². The van der Waals surface area contributed by atoms with Gasteiger partial charge in [-0.25, -0.2) is 0 Å². The van der Waals surface area contributed by atoms with Gasteiger partial charge in [0.15, 0.2) is 5.82 Å². The summed E-state index contributed by atoms with van der Waals surface area (Å²) in [6, 6.07) is 0. The lowest BCUT2D eigenvalue weighted by Crippen LogP contribution is -2.48. The molecule has 6 heteroatoms. The third kappa shape index (κ3) is 3.29. The largest absolute Gasteiger partial charge is 0.465 e. The maximum absolute atomic E-state index is 11.8. The zero-order valence-corrected chi connectivity index (χ0v) is 11.7. The van der Waals surface area contributed by atoms with Gasteiger partial charge in [-0.3, -0.25) is 9.69 Å². The number of carbonyl (C=O) groups excluding carboxylic acids is 1. The molecule has 0 amide bonds. The highest BCUT2D eigenvalue weighted by molar-refractivity contribution is 5.79. The van der Waals surface area contributed by atoms with Gasteiger partial charge in [-0.2, -0.15) is 4.98 Å². The average molecular weight is 255 g/mol. The third-order valence-corrected chi connectivity index (χ3v) is 2.92. The Balaban J connectivity index is 2.68. The van der Waals surface area contributed by atoms with Gasteiger partial charge >= 0.3 is 5.97 Å². The molecule has 0 aliphatic carbocycles. The zero-order chi connectivity index (χ0) is 13.8. The second-order valence-corrected chi connectivity index (χ2v) is 4.59. The van der Waals surface area contributed by atoms with Crippen LogP contribution >= 0.6 is 0 Å². The molecule has 0 fully saturated rings. The Labute approximate surface area is 107 Å². The van der Waals surface area contributed by atoms with Crippen LogP contribution in [0.2, 0.25) is 0 Å². The Morgan fingerprint density at radius 1 is 1.44 bits per heavy atom. The summed E-state index contributed by atoms with van der Waals surface area (Å²) in [5.41, 5.74) is -0.719. The van der Waals surface area contributed by atoms with Gasteiger partial charge in [0.2, 0.25) is 5.89 Å². The van der Waals surface area contributed by atoms with E-state index in [4.69, 9.17) is 9.26 Å². The van der Waals surface area contributed by atoms with Crippen LogP contribution in [0.4, 0.5) is 0 Å². The molecule has 0 saturated carbocycles. The number of hydrogen-bond donors (Lipinski definition) is 0. The number of hydrogen-bond acceptors (Lipinski definition) is 6. The van der Waals surface area contributed by atoms with Crippen LogP contribution in [0, 0.1) is 0 Å². The van der Waals surface area contributed by atoms with Crippen LogP contribution in [-0.2, 0) is 22.5 Å². The molecule has 0 unspecified atom stereocenters. The summed E-state index contributed by atoms with van der Waals surface area (Å²) in [4.78, 5) is 17.9. The van der Waals surface area contributed by atoms with Crippen LogP contribution in [0.25, 0.3) is 0 Å². The third-order valence-electron chi connectivity index (χ3n) is 2.92. The molecule has 0 spiro atoms. The lowest BCUT2D eigenvalue weighted by Gasteiger charge is -2.32. The van der Waals surface area contributed by atoms with E-state index in [1.807, 2.05) is 32.7 Å². The molecule has 0 aliphatic heterocycles. The predicted molar refractivity (Wildman–Crippen MR) is 65.9 cm³/mol. The van der Waals surface area contributed by atoms with Crippen LogP contribution < -0.4 is 0 Å². The Hall–Kier alpha value is -1.43. The van der Waals surface area contributed by atoms with Gasteiger partial charge in [-0.15, -0.1) is 0 Å². The summed E-state index contributed by atoms with van der Waals surface area (Å²) in [6.07, 6.45) is 0.706. The van der Waals surface area contributed by atoms with E-state index >= 15 is 0 Å². The monoisotopic (exact) mass is 255 g/mol.